The number of nitrogens with one attached hydrogen (secondary N) is 1. The number of likely N-dealkylation sites (N-methyl/N-ethyl adjacent to an activating group) is 1. The van der Waals surface area contributed by atoms with Crippen molar-refractivity contribution in [2.75, 3.05) is 20.4 Å². The maximum absolute atomic E-state index is 12.2. The highest BCUT2D eigenvalue weighted by Crippen LogP contribution is 2.32. The second-order valence-corrected chi connectivity index (χ2v) is 8.14. The second-order valence-electron chi connectivity index (χ2n) is 6.12. The Kier molecular flexibility index (Phi) is 5.50. The van der Waals surface area contributed by atoms with E-state index in [1.54, 1.807) is 20.9 Å². The van der Waals surface area contributed by atoms with E-state index in [1.807, 2.05) is 0 Å². The van der Waals surface area contributed by atoms with E-state index in [2.05, 4.69) is 15.3 Å². The molecule has 1 heterocycles. The molecule has 0 aliphatic rings. The normalized spacial score (nSPS) is 11.7. The Morgan fingerprint density at radius 1 is 1.19 bits per heavy atom. The molecule has 8 nitrogen and oxygen atoms in total. The number of hydrogen-bond acceptors (Lipinski definition) is 7. The molecule has 0 aliphatic carbocycles. The Bertz CT molecular complexity index is 908. The van der Waals surface area contributed by atoms with Crippen molar-refractivity contribution in [1.82, 2.24) is 15.3 Å². The van der Waals surface area contributed by atoms with Crippen molar-refractivity contribution in [1.29, 1.82) is 0 Å². The fourth-order valence-corrected chi connectivity index (χ4v) is 2.91. The van der Waals surface area contributed by atoms with Crippen LogP contribution in [0.4, 0.5) is 0 Å². The Balaban J connectivity index is 2.37. The van der Waals surface area contributed by atoms with E-state index in [0.29, 0.717) is 17.2 Å². The van der Waals surface area contributed by atoms with Crippen LogP contribution >= 0.6 is 0 Å². The molecule has 0 unspecified atom stereocenters. The van der Waals surface area contributed by atoms with E-state index in [0.717, 1.165) is 6.26 Å². The summed E-state index contributed by atoms with van der Waals surface area (Å²) in [6.07, 6.45) is 2.55. The lowest BCUT2D eigenvalue weighted by molar-refractivity contribution is -0.125. The summed E-state index contributed by atoms with van der Waals surface area (Å²) >= 11 is 0. The molecule has 0 saturated carbocycles. The molecule has 0 bridgehead atoms. The molecule has 140 valence electrons. The largest absolute Gasteiger partial charge is 0.493 e. The van der Waals surface area contributed by atoms with Gasteiger partial charge in [0.25, 0.3) is 0 Å². The Hall–Kier alpha value is -2.68. The maximum Gasteiger partial charge on any atom is 0.322 e. The molecule has 0 spiro atoms. The molecule has 9 heteroatoms. The van der Waals surface area contributed by atoms with Gasteiger partial charge in [-0.25, -0.2) is 8.42 Å². The summed E-state index contributed by atoms with van der Waals surface area (Å²) in [6, 6.07) is 5.90. The molecule has 0 fully saturated rings. The number of aromatic nitrogens is 2. The minimum atomic E-state index is -3.29. The van der Waals surface area contributed by atoms with Crippen molar-refractivity contribution in [2.45, 2.75) is 24.2 Å². The second kappa shape index (κ2) is 7.28. The molecular weight excluding hydrogens is 358 g/mol. The number of rotatable bonds is 6. The number of carbonyl (C=O) groups excluding carboxylic acids is 1. The molecule has 0 atom stereocenters. The van der Waals surface area contributed by atoms with Crippen LogP contribution in [0.1, 0.15) is 19.5 Å². The van der Waals surface area contributed by atoms with Gasteiger partial charge in [-0.1, -0.05) is 0 Å². The van der Waals surface area contributed by atoms with E-state index in [1.165, 1.54) is 37.6 Å². The van der Waals surface area contributed by atoms with Crippen LogP contribution in [0.3, 0.4) is 0 Å². The van der Waals surface area contributed by atoms with Crippen molar-refractivity contribution in [3.05, 3.63) is 36.2 Å². The number of benzene rings is 1. The minimum Gasteiger partial charge on any atom is -0.493 e. The number of methoxy groups -OCH3 is 1. The molecule has 2 aromatic rings. The van der Waals surface area contributed by atoms with Crippen LogP contribution in [-0.4, -0.2) is 44.7 Å². The molecule has 1 aromatic heterocycles. The van der Waals surface area contributed by atoms with Crippen LogP contribution in [0.2, 0.25) is 0 Å². The highest BCUT2D eigenvalue weighted by molar-refractivity contribution is 7.90. The number of sulfone groups is 1. The van der Waals surface area contributed by atoms with Gasteiger partial charge < -0.3 is 14.8 Å². The Morgan fingerprint density at radius 3 is 2.31 bits per heavy atom. The standard InChI is InChI=1S/C17H21N3O5S/c1-17(2,15(21)18-3)14-13(24-4)10-19-16(20-14)25-11-6-8-12(9-7-11)26(5,22)23/h6-10H,1-5H3,(H,18,21). The van der Waals surface area contributed by atoms with Crippen LogP contribution in [0.15, 0.2) is 35.4 Å². The molecular formula is C17H21N3O5S. The van der Waals surface area contributed by atoms with Gasteiger partial charge in [-0.3, -0.25) is 4.79 Å². The number of nitrogens with zero attached hydrogens (tertiary/aromatic N) is 2. The SMILES string of the molecule is CNC(=O)C(C)(C)c1nc(Oc2ccc(S(C)(=O)=O)cc2)ncc1OC. The smallest absolute Gasteiger partial charge is 0.322 e. The van der Waals surface area contributed by atoms with Gasteiger partial charge in [0.1, 0.15) is 11.4 Å². The molecule has 1 N–H and O–H groups in total. The highest BCUT2D eigenvalue weighted by Gasteiger charge is 2.34. The van der Waals surface area contributed by atoms with Gasteiger partial charge in [0.15, 0.2) is 15.6 Å². The van der Waals surface area contributed by atoms with E-state index < -0.39 is 15.3 Å². The zero-order valence-electron chi connectivity index (χ0n) is 15.2. The fourth-order valence-electron chi connectivity index (χ4n) is 2.28. The third-order valence-corrected chi connectivity index (χ3v) is 4.93. The summed E-state index contributed by atoms with van der Waals surface area (Å²) in [5.41, 5.74) is -0.599. The maximum atomic E-state index is 12.2. The number of amides is 1. The lowest BCUT2D eigenvalue weighted by atomic mass is 9.87. The number of carbonyl (C=O) groups is 1. The van der Waals surface area contributed by atoms with Gasteiger partial charge in [0.2, 0.25) is 5.91 Å². The topological polar surface area (TPSA) is 107 Å². The summed E-state index contributed by atoms with van der Waals surface area (Å²) in [6.45, 7) is 3.42. The third kappa shape index (κ3) is 4.10. The quantitative estimate of drug-likeness (QED) is 0.814. The lowest BCUT2D eigenvalue weighted by Gasteiger charge is -2.23. The summed E-state index contributed by atoms with van der Waals surface area (Å²) in [5.74, 6) is 0.489. The first-order chi connectivity index (χ1) is 12.1. The van der Waals surface area contributed by atoms with Crippen LogP contribution in [0.25, 0.3) is 0 Å². The Labute approximate surface area is 152 Å². The lowest BCUT2D eigenvalue weighted by Crippen LogP contribution is -2.39. The zero-order chi connectivity index (χ0) is 19.5. The molecule has 2 rings (SSSR count). The van der Waals surface area contributed by atoms with E-state index in [4.69, 9.17) is 9.47 Å². The van der Waals surface area contributed by atoms with E-state index in [9.17, 15) is 13.2 Å². The summed E-state index contributed by atoms with van der Waals surface area (Å²) in [4.78, 5) is 20.7. The average Bonchev–Trinajstić information content (AvgIpc) is 2.60. The molecule has 26 heavy (non-hydrogen) atoms. The van der Waals surface area contributed by atoms with Crippen LogP contribution in [0, 0.1) is 0 Å². The van der Waals surface area contributed by atoms with Crippen molar-refractivity contribution in [3.63, 3.8) is 0 Å². The summed E-state index contributed by atoms with van der Waals surface area (Å²) in [5, 5.41) is 2.59. The van der Waals surface area contributed by atoms with Crippen molar-refractivity contribution in [2.24, 2.45) is 0 Å². The van der Waals surface area contributed by atoms with Crippen molar-refractivity contribution < 1.29 is 22.7 Å². The minimum absolute atomic E-state index is 0.0184. The number of hydrogen-bond donors (Lipinski definition) is 1. The molecule has 0 aliphatic heterocycles. The number of ether oxygens (including phenoxy) is 2. The van der Waals surface area contributed by atoms with Gasteiger partial charge in [-0.15, -0.1) is 0 Å². The third-order valence-electron chi connectivity index (χ3n) is 3.80. The van der Waals surface area contributed by atoms with E-state index >= 15 is 0 Å². The van der Waals surface area contributed by atoms with Crippen LogP contribution < -0.4 is 14.8 Å². The van der Waals surface area contributed by atoms with Crippen molar-refractivity contribution in [3.8, 4) is 17.5 Å². The van der Waals surface area contributed by atoms with Crippen LogP contribution in [0.5, 0.6) is 17.5 Å². The van der Waals surface area contributed by atoms with Gasteiger partial charge in [-0.2, -0.15) is 9.97 Å². The van der Waals surface area contributed by atoms with Crippen LogP contribution in [-0.2, 0) is 20.0 Å². The van der Waals surface area contributed by atoms with Gasteiger partial charge in [0.05, 0.1) is 23.6 Å². The Morgan fingerprint density at radius 2 is 1.81 bits per heavy atom. The first-order valence-electron chi connectivity index (χ1n) is 7.71. The monoisotopic (exact) mass is 379 g/mol. The molecule has 1 amide bonds. The molecule has 0 radical (unpaired) electrons. The first-order valence-corrected chi connectivity index (χ1v) is 9.60. The first kappa shape index (κ1) is 19.6. The van der Waals surface area contributed by atoms with Gasteiger partial charge in [-0.05, 0) is 38.1 Å². The summed E-state index contributed by atoms with van der Waals surface area (Å²) < 4.78 is 33.9. The van der Waals surface area contributed by atoms with Gasteiger partial charge >= 0.3 is 6.01 Å². The highest BCUT2D eigenvalue weighted by atomic mass is 32.2. The fraction of sp³-hybridized carbons (Fsp3) is 0.353. The average molecular weight is 379 g/mol. The van der Waals surface area contributed by atoms with E-state index in [-0.39, 0.29) is 16.8 Å². The predicted octanol–water partition coefficient (Wildman–Crippen LogP) is 1.70. The van der Waals surface area contributed by atoms with Gasteiger partial charge in [0, 0.05) is 13.3 Å². The zero-order valence-corrected chi connectivity index (χ0v) is 16.0. The summed E-state index contributed by atoms with van der Waals surface area (Å²) in [7, 11) is -0.283. The molecule has 1 aromatic carbocycles. The molecule has 0 saturated heterocycles. The van der Waals surface area contributed by atoms with Crippen molar-refractivity contribution >= 4 is 15.7 Å². The predicted molar refractivity (Wildman–Crippen MR) is 95.3 cm³/mol.